The van der Waals surface area contributed by atoms with Gasteiger partial charge in [0.1, 0.15) is 10.8 Å². The first kappa shape index (κ1) is 23.3. The number of hydrogen-bond donors (Lipinski definition) is 0. The SMILES string of the molecule is Cc1cnc(CN2CCc3c(cc(Cn4ccnc4C)cc3-c3cn(C)nc3C(F)(F)F)C2=O)s1. The Kier molecular flexibility index (Phi) is 5.74. The van der Waals surface area contributed by atoms with E-state index in [1.807, 2.05) is 18.4 Å². The lowest BCUT2D eigenvalue weighted by Crippen LogP contribution is -2.37. The van der Waals surface area contributed by atoms with Crippen LogP contribution in [0.4, 0.5) is 13.2 Å². The quantitative estimate of drug-likeness (QED) is 0.401. The molecule has 4 aromatic rings. The minimum Gasteiger partial charge on any atom is -0.332 e. The number of carbonyl (C=O) groups excluding carboxylic acids is 1. The fraction of sp³-hybridized carbons (Fsp3) is 0.333. The van der Waals surface area contributed by atoms with Crippen molar-refractivity contribution in [3.63, 3.8) is 0 Å². The Morgan fingerprint density at radius 2 is 1.86 bits per heavy atom. The summed E-state index contributed by atoms with van der Waals surface area (Å²) in [5.74, 6) is 0.565. The number of alkyl halides is 3. The molecule has 0 saturated carbocycles. The minimum absolute atomic E-state index is 0.0164. The van der Waals surface area contributed by atoms with E-state index in [0.29, 0.717) is 42.7 Å². The van der Waals surface area contributed by atoms with E-state index in [9.17, 15) is 18.0 Å². The first-order chi connectivity index (χ1) is 16.6. The van der Waals surface area contributed by atoms with Crippen molar-refractivity contribution in [2.75, 3.05) is 6.54 Å². The lowest BCUT2D eigenvalue weighted by atomic mass is 9.88. The van der Waals surface area contributed by atoms with Crippen molar-refractivity contribution >= 4 is 17.2 Å². The summed E-state index contributed by atoms with van der Waals surface area (Å²) in [6.45, 7) is 4.96. The summed E-state index contributed by atoms with van der Waals surface area (Å²) < 4.78 is 44.6. The molecule has 0 unspecified atom stereocenters. The molecule has 0 radical (unpaired) electrons. The molecular weight excluding hydrogens is 477 g/mol. The normalized spacial score (nSPS) is 14.0. The number of aromatic nitrogens is 5. The van der Waals surface area contributed by atoms with Gasteiger partial charge < -0.3 is 9.47 Å². The average Bonchev–Trinajstić information content (AvgIpc) is 3.50. The highest BCUT2D eigenvalue weighted by atomic mass is 32.1. The fourth-order valence-corrected chi connectivity index (χ4v) is 5.30. The molecule has 3 aromatic heterocycles. The van der Waals surface area contributed by atoms with Gasteiger partial charge in [0.05, 0.1) is 6.54 Å². The van der Waals surface area contributed by atoms with Gasteiger partial charge in [0.2, 0.25) is 0 Å². The highest BCUT2D eigenvalue weighted by Gasteiger charge is 2.39. The molecule has 0 atom stereocenters. The van der Waals surface area contributed by atoms with E-state index in [2.05, 4.69) is 15.1 Å². The molecule has 0 spiro atoms. The lowest BCUT2D eigenvalue weighted by Gasteiger charge is -2.30. The van der Waals surface area contributed by atoms with Crippen LogP contribution in [0.25, 0.3) is 11.1 Å². The smallest absolute Gasteiger partial charge is 0.332 e. The molecule has 1 aliphatic rings. The summed E-state index contributed by atoms with van der Waals surface area (Å²) in [7, 11) is 1.47. The van der Waals surface area contributed by atoms with Gasteiger partial charge in [0.25, 0.3) is 5.91 Å². The van der Waals surface area contributed by atoms with Crippen molar-refractivity contribution in [2.24, 2.45) is 7.05 Å². The molecule has 0 N–H and O–H groups in total. The molecule has 1 amide bonds. The van der Waals surface area contributed by atoms with Crippen LogP contribution >= 0.6 is 11.3 Å². The number of amides is 1. The van der Waals surface area contributed by atoms with Crippen LogP contribution in [0.5, 0.6) is 0 Å². The topological polar surface area (TPSA) is 68.8 Å². The number of imidazole rings is 1. The molecule has 0 bridgehead atoms. The van der Waals surface area contributed by atoms with E-state index < -0.39 is 11.9 Å². The summed E-state index contributed by atoms with van der Waals surface area (Å²) in [6.07, 6.45) is 2.44. The molecule has 0 fully saturated rings. The summed E-state index contributed by atoms with van der Waals surface area (Å²) in [5, 5.41) is 4.52. The summed E-state index contributed by atoms with van der Waals surface area (Å²) in [4.78, 5) is 24.9. The Morgan fingerprint density at radius 3 is 2.51 bits per heavy atom. The Balaban J connectivity index is 1.62. The number of benzene rings is 1. The Labute approximate surface area is 203 Å². The van der Waals surface area contributed by atoms with Crippen molar-refractivity contribution in [3.8, 4) is 11.1 Å². The Hall–Kier alpha value is -3.47. The fourth-order valence-electron chi connectivity index (χ4n) is 4.49. The van der Waals surface area contributed by atoms with Crippen LogP contribution in [0.1, 0.15) is 42.9 Å². The van der Waals surface area contributed by atoms with Crippen molar-refractivity contribution in [1.29, 1.82) is 0 Å². The van der Waals surface area contributed by atoms with Crippen molar-refractivity contribution in [3.05, 3.63) is 75.0 Å². The molecule has 35 heavy (non-hydrogen) atoms. The molecule has 1 aliphatic heterocycles. The standard InChI is InChI=1S/C24H23F3N6OS/c1-14-10-29-21(35-14)13-33-6-4-17-18(20-12-31(3)30-22(20)24(25,26)27)8-16(9-19(17)23(33)34)11-32-7-5-28-15(32)2/h5,7-10,12H,4,6,11,13H2,1-3H3. The maximum absolute atomic E-state index is 13.9. The number of carbonyl (C=O) groups is 1. The average molecular weight is 501 g/mol. The lowest BCUT2D eigenvalue weighted by molar-refractivity contribution is -0.140. The zero-order valence-corrected chi connectivity index (χ0v) is 20.2. The Bertz CT molecular complexity index is 1420. The van der Waals surface area contributed by atoms with Gasteiger partial charge >= 0.3 is 6.18 Å². The molecule has 7 nitrogen and oxygen atoms in total. The molecular formula is C24H23F3N6OS. The highest BCUT2D eigenvalue weighted by Crippen LogP contribution is 2.40. The maximum atomic E-state index is 13.9. The molecule has 11 heteroatoms. The molecule has 182 valence electrons. The van der Waals surface area contributed by atoms with Crippen LogP contribution in [0, 0.1) is 13.8 Å². The van der Waals surface area contributed by atoms with E-state index in [1.165, 1.54) is 29.3 Å². The largest absolute Gasteiger partial charge is 0.435 e. The second-order valence-corrected chi connectivity index (χ2v) is 10.00. The van der Waals surface area contributed by atoms with Crippen LogP contribution < -0.4 is 0 Å². The van der Waals surface area contributed by atoms with Gasteiger partial charge in [0.15, 0.2) is 5.69 Å². The van der Waals surface area contributed by atoms with E-state index in [-0.39, 0.29) is 11.5 Å². The summed E-state index contributed by atoms with van der Waals surface area (Å²) >= 11 is 1.53. The second-order valence-electron chi connectivity index (χ2n) is 8.68. The third-order valence-corrected chi connectivity index (χ3v) is 7.02. The third kappa shape index (κ3) is 4.47. The number of thiazole rings is 1. The highest BCUT2D eigenvalue weighted by molar-refractivity contribution is 7.11. The van der Waals surface area contributed by atoms with Gasteiger partial charge in [-0.05, 0) is 49.1 Å². The van der Waals surface area contributed by atoms with Crippen LogP contribution in [0.3, 0.4) is 0 Å². The monoisotopic (exact) mass is 500 g/mol. The van der Waals surface area contributed by atoms with Gasteiger partial charge in [0, 0.05) is 60.9 Å². The van der Waals surface area contributed by atoms with Crippen molar-refractivity contribution < 1.29 is 18.0 Å². The number of nitrogens with zero attached hydrogens (tertiary/aromatic N) is 6. The van der Waals surface area contributed by atoms with Crippen molar-refractivity contribution in [2.45, 2.75) is 39.5 Å². The number of rotatable bonds is 5. The third-order valence-electron chi connectivity index (χ3n) is 6.12. The first-order valence-corrected chi connectivity index (χ1v) is 11.9. The second kappa shape index (κ2) is 8.63. The molecule has 0 saturated heterocycles. The number of halogens is 3. The van der Waals surface area contributed by atoms with Gasteiger partial charge in [-0.1, -0.05) is 0 Å². The maximum Gasteiger partial charge on any atom is 0.435 e. The predicted octanol–water partition coefficient (Wildman–Crippen LogP) is 4.62. The number of hydrogen-bond acceptors (Lipinski definition) is 5. The molecule has 1 aromatic carbocycles. The van der Waals surface area contributed by atoms with Crippen molar-refractivity contribution in [1.82, 2.24) is 29.2 Å². The zero-order valence-electron chi connectivity index (χ0n) is 19.4. The van der Waals surface area contributed by atoms with E-state index >= 15 is 0 Å². The minimum atomic E-state index is -4.62. The van der Waals surface area contributed by atoms with Gasteiger partial charge in [-0.2, -0.15) is 18.3 Å². The summed E-state index contributed by atoms with van der Waals surface area (Å²) in [6, 6.07) is 3.54. The zero-order chi connectivity index (χ0) is 24.9. The van der Waals surface area contributed by atoms with E-state index in [0.717, 1.165) is 21.3 Å². The number of aryl methyl sites for hydroxylation is 3. The molecule has 4 heterocycles. The summed E-state index contributed by atoms with van der Waals surface area (Å²) in [5.41, 5.74) is 1.19. The van der Waals surface area contributed by atoms with Crippen LogP contribution in [-0.4, -0.2) is 41.7 Å². The van der Waals surface area contributed by atoms with Crippen LogP contribution in [0.15, 0.2) is 36.9 Å². The van der Waals surface area contributed by atoms with E-state index in [4.69, 9.17) is 0 Å². The molecule has 0 aliphatic carbocycles. The Morgan fingerprint density at radius 1 is 1.09 bits per heavy atom. The molecule has 5 rings (SSSR count). The van der Waals surface area contributed by atoms with Gasteiger partial charge in [-0.15, -0.1) is 11.3 Å². The van der Waals surface area contributed by atoms with Gasteiger partial charge in [-0.25, -0.2) is 9.97 Å². The predicted molar refractivity (Wildman–Crippen MR) is 125 cm³/mol. The van der Waals surface area contributed by atoms with Crippen LogP contribution in [-0.2, 0) is 32.7 Å². The number of fused-ring (bicyclic) bond motifs is 1. The van der Waals surface area contributed by atoms with Crippen LogP contribution in [0.2, 0.25) is 0 Å². The first-order valence-electron chi connectivity index (χ1n) is 11.1. The van der Waals surface area contributed by atoms with E-state index in [1.54, 1.807) is 35.6 Å². The van der Waals surface area contributed by atoms with Gasteiger partial charge in [-0.3, -0.25) is 9.48 Å².